The van der Waals surface area contributed by atoms with Gasteiger partial charge in [0, 0.05) is 4.88 Å². The van der Waals surface area contributed by atoms with Gasteiger partial charge in [-0.25, -0.2) is 4.68 Å². The fourth-order valence-corrected chi connectivity index (χ4v) is 3.40. The van der Waals surface area contributed by atoms with Crippen molar-refractivity contribution in [2.45, 2.75) is 25.8 Å². The summed E-state index contributed by atoms with van der Waals surface area (Å²) >= 11 is 1.61. The molecule has 1 aromatic carbocycles. The molecule has 0 amide bonds. The largest absolute Gasteiger partial charge is 0.480 e. The van der Waals surface area contributed by atoms with Crippen molar-refractivity contribution in [3.63, 3.8) is 0 Å². The van der Waals surface area contributed by atoms with Crippen molar-refractivity contribution in [1.82, 2.24) is 20.2 Å². The molecule has 7 heteroatoms. The van der Waals surface area contributed by atoms with Crippen LogP contribution in [0.2, 0.25) is 0 Å². The highest BCUT2D eigenvalue weighted by atomic mass is 32.1. The van der Waals surface area contributed by atoms with Crippen LogP contribution in [0.3, 0.4) is 0 Å². The van der Waals surface area contributed by atoms with E-state index in [-0.39, 0.29) is 6.54 Å². The number of tetrazole rings is 1. The van der Waals surface area contributed by atoms with Crippen LogP contribution in [0.4, 0.5) is 0 Å². The Labute approximate surface area is 137 Å². The summed E-state index contributed by atoms with van der Waals surface area (Å²) in [5.41, 5.74) is 1.34. The molecule has 1 N–H and O–H groups in total. The molecule has 0 aliphatic carbocycles. The Morgan fingerprint density at radius 1 is 1.13 bits per heavy atom. The highest BCUT2D eigenvalue weighted by Crippen LogP contribution is 2.27. The van der Waals surface area contributed by atoms with Crippen molar-refractivity contribution in [1.29, 1.82) is 0 Å². The second-order valence-electron chi connectivity index (χ2n) is 5.16. The Morgan fingerprint density at radius 2 is 1.96 bits per heavy atom. The highest BCUT2D eigenvalue weighted by molar-refractivity contribution is 7.15. The Morgan fingerprint density at radius 3 is 2.74 bits per heavy atom. The van der Waals surface area contributed by atoms with E-state index < -0.39 is 5.97 Å². The second-order valence-corrected chi connectivity index (χ2v) is 6.33. The zero-order valence-electron chi connectivity index (χ0n) is 12.4. The molecule has 6 nitrogen and oxygen atoms in total. The molecule has 23 heavy (non-hydrogen) atoms. The summed E-state index contributed by atoms with van der Waals surface area (Å²) < 4.78 is 1.31. The van der Waals surface area contributed by atoms with Gasteiger partial charge in [0.15, 0.2) is 5.82 Å². The Hall–Kier alpha value is -2.54. The molecule has 0 bridgehead atoms. The fourth-order valence-electron chi connectivity index (χ4n) is 2.36. The van der Waals surface area contributed by atoms with E-state index in [9.17, 15) is 4.79 Å². The third kappa shape index (κ3) is 4.01. The number of aryl methyl sites for hydroxylation is 2. The van der Waals surface area contributed by atoms with Gasteiger partial charge in [-0.15, -0.1) is 16.4 Å². The zero-order valence-corrected chi connectivity index (χ0v) is 13.2. The number of thiophene rings is 1. The quantitative estimate of drug-likeness (QED) is 0.721. The van der Waals surface area contributed by atoms with Crippen LogP contribution in [-0.2, 0) is 24.2 Å². The first-order chi connectivity index (χ1) is 11.2. The molecule has 0 aliphatic heterocycles. The number of hydrogen-bond acceptors (Lipinski definition) is 5. The summed E-state index contributed by atoms with van der Waals surface area (Å²) in [5.74, 6) is -0.454. The molecule has 0 spiro atoms. The molecule has 0 atom stereocenters. The van der Waals surface area contributed by atoms with Crippen molar-refractivity contribution in [3.05, 3.63) is 52.9 Å². The van der Waals surface area contributed by atoms with Gasteiger partial charge in [-0.2, -0.15) is 0 Å². The van der Waals surface area contributed by atoms with Gasteiger partial charge in [-0.05, 0) is 47.4 Å². The summed E-state index contributed by atoms with van der Waals surface area (Å²) in [7, 11) is 0. The minimum Gasteiger partial charge on any atom is -0.480 e. The third-order valence-electron chi connectivity index (χ3n) is 3.43. The topological polar surface area (TPSA) is 80.9 Å². The third-order valence-corrected chi connectivity index (χ3v) is 4.57. The van der Waals surface area contributed by atoms with Gasteiger partial charge in [0.2, 0.25) is 0 Å². The lowest BCUT2D eigenvalue weighted by atomic mass is 10.1. The molecule has 3 aromatic rings. The maximum atomic E-state index is 10.8. The number of nitrogens with zero attached hydrogens (tertiary/aromatic N) is 4. The van der Waals surface area contributed by atoms with E-state index in [1.54, 1.807) is 11.3 Å². The molecule has 0 aliphatic rings. The van der Waals surface area contributed by atoms with Gasteiger partial charge in [0.05, 0.1) is 4.88 Å². The Balaban J connectivity index is 1.62. The van der Waals surface area contributed by atoms with Crippen LogP contribution in [0.25, 0.3) is 10.7 Å². The zero-order chi connectivity index (χ0) is 16.1. The predicted molar refractivity (Wildman–Crippen MR) is 87.2 cm³/mol. The SMILES string of the molecule is O=C(O)Cn1nnnc1-c1ccc(CCCc2ccccc2)s1. The van der Waals surface area contributed by atoms with Gasteiger partial charge < -0.3 is 5.11 Å². The van der Waals surface area contributed by atoms with E-state index in [1.807, 2.05) is 12.1 Å². The predicted octanol–water partition coefficient (Wildman–Crippen LogP) is 2.66. The van der Waals surface area contributed by atoms with Gasteiger partial charge in [0.25, 0.3) is 0 Å². The molecule has 2 aromatic heterocycles. The molecule has 0 fully saturated rings. The fraction of sp³-hybridized carbons (Fsp3) is 0.250. The van der Waals surface area contributed by atoms with Crippen LogP contribution < -0.4 is 0 Å². The van der Waals surface area contributed by atoms with Gasteiger partial charge in [-0.1, -0.05) is 30.3 Å². The minimum atomic E-state index is -0.960. The molecular formula is C16H16N4O2S. The number of rotatable bonds is 7. The molecule has 0 radical (unpaired) electrons. The second kappa shape index (κ2) is 7.15. The van der Waals surface area contributed by atoms with E-state index in [1.165, 1.54) is 15.1 Å². The summed E-state index contributed by atoms with van der Waals surface area (Å²) in [6, 6.07) is 14.4. The maximum Gasteiger partial charge on any atom is 0.325 e. The number of aromatic nitrogens is 4. The van der Waals surface area contributed by atoms with Crippen LogP contribution in [0, 0.1) is 0 Å². The molecule has 0 saturated carbocycles. The summed E-state index contributed by atoms with van der Waals surface area (Å²) in [6.07, 6.45) is 3.11. The van der Waals surface area contributed by atoms with E-state index >= 15 is 0 Å². The number of benzene rings is 1. The molecule has 0 unspecified atom stereocenters. The van der Waals surface area contributed by atoms with Gasteiger partial charge in [0.1, 0.15) is 6.54 Å². The standard InChI is InChI=1S/C16H16N4O2S/c21-15(22)11-20-16(17-18-19-20)14-10-9-13(23-14)8-4-7-12-5-2-1-3-6-12/h1-3,5-6,9-10H,4,7-8,11H2,(H,21,22). The first-order valence-electron chi connectivity index (χ1n) is 7.33. The summed E-state index contributed by atoms with van der Waals surface area (Å²) in [6.45, 7) is -0.233. The average Bonchev–Trinajstić information content (AvgIpc) is 3.17. The lowest BCUT2D eigenvalue weighted by Crippen LogP contribution is -2.11. The van der Waals surface area contributed by atoms with Crippen molar-refractivity contribution in [2.24, 2.45) is 0 Å². The Kier molecular flexibility index (Phi) is 4.77. The minimum absolute atomic E-state index is 0.233. The van der Waals surface area contributed by atoms with Crippen LogP contribution in [0.15, 0.2) is 42.5 Å². The molecule has 2 heterocycles. The molecular weight excluding hydrogens is 312 g/mol. The molecule has 118 valence electrons. The van der Waals surface area contributed by atoms with Gasteiger partial charge >= 0.3 is 5.97 Å². The van der Waals surface area contributed by atoms with Crippen LogP contribution in [0.1, 0.15) is 16.9 Å². The van der Waals surface area contributed by atoms with Crippen molar-refractivity contribution in [2.75, 3.05) is 0 Å². The number of carboxylic acid groups (broad SMARTS) is 1. The molecule has 3 rings (SSSR count). The van der Waals surface area contributed by atoms with E-state index in [4.69, 9.17) is 5.11 Å². The molecule has 0 saturated heterocycles. The first kappa shape index (κ1) is 15.4. The van der Waals surface area contributed by atoms with Crippen LogP contribution in [-0.4, -0.2) is 31.3 Å². The van der Waals surface area contributed by atoms with Crippen LogP contribution in [0.5, 0.6) is 0 Å². The van der Waals surface area contributed by atoms with Crippen molar-refractivity contribution in [3.8, 4) is 10.7 Å². The number of carboxylic acids is 1. The highest BCUT2D eigenvalue weighted by Gasteiger charge is 2.13. The monoisotopic (exact) mass is 328 g/mol. The lowest BCUT2D eigenvalue weighted by Gasteiger charge is -2.00. The summed E-state index contributed by atoms with van der Waals surface area (Å²) in [4.78, 5) is 13.0. The van der Waals surface area contributed by atoms with Crippen molar-refractivity contribution < 1.29 is 9.90 Å². The van der Waals surface area contributed by atoms with E-state index in [2.05, 4.69) is 45.9 Å². The normalized spacial score (nSPS) is 10.8. The smallest absolute Gasteiger partial charge is 0.325 e. The van der Waals surface area contributed by atoms with Gasteiger partial charge in [-0.3, -0.25) is 4.79 Å². The maximum absolute atomic E-state index is 10.8. The Bertz CT molecular complexity index is 782. The first-order valence-corrected chi connectivity index (χ1v) is 8.15. The lowest BCUT2D eigenvalue weighted by molar-refractivity contribution is -0.137. The van der Waals surface area contributed by atoms with E-state index in [0.29, 0.717) is 5.82 Å². The van der Waals surface area contributed by atoms with Crippen LogP contribution >= 0.6 is 11.3 Å². The number of carbonyl (C=O) groups is 1. The van der Waals surface area contributed by atoms with Crippen molar-refractivity contribution >= 4 is 17.3 Å². The average molecular weight is 328 g/mol. The number of aliphatic carboxylic acids is 1. The van der Waals surface area contributed by atoms with E-state index in [0.717, 1.165) is 24.1 Å². The number of hydrogen-bond donors (Lipinski definition) is 1. The summed E-state index contributed by atoms with van der Waals surface area (Å²) in [5, 5.41) is 20.1.